The summed E-state index contributed by atoms with van der Waals surface area (Å²) in [6, 6.07) is 1.46. The van der Waals surface area contributed by atoms with Gasteiger partial charge in [0.25, 0.3) is 5.56 Å². The summed E-state index contributed by atoms with van der Waals surface area (Å²) in [5.74, 6) is 0. The van der Waals surface area contributed by atoms with Gasteiger partial charge in [0.05, 0.1) is 0 Å². The summed E-state index contributed by atoms with van der Waals surface area (Å²) in [5, 5.41) is 0. The summed E-state index contributed by atoms with van der Waals surface area (Å²) in [4.78, 5) is 23.3. The number of hydrogen-bond donors (Lipinski definition) is 0. The summed E-state index contributed by atoms with van der Waals surface area (Å²) < 4.78 is 2.89. The number of hydrogen-bond acceptors (Lipinski definition) is 2. The number of rotatable bonds is 6. The standard InChI is InChI=1S/C12H20N2O2/c1-3-5-6-7-9-14-11(15)8-10-13(4-2)12(14)16/h8,10H,3-7,9H2,1-2H3. The molecule has 1 rings (SSSR count). The van der Waals surface area contributed by atoms with Crippen molar-refractivity contribution in [3.05, 3.63) is 33.1 Å². The van der Waals surface area contributed by atoms with E-state index in [-0.39, 0.29) is 11.2 Å². The molecule has 0 spiro atoms. The zero-order valence-corrected chi connectivity index (χ0v) is 10.1. The average Bonchev–Trinajstić information content (AvgIpc) is 2.28. The fraction of sp³-hybridized carbons (Fsp3) is 0.667. The highest BCUT2D eigenvalue weighted by Gasteiger charge is 2.03. The van der Waals surface area contributed by atoms with Crippen molar-refractivity contribution in [2.75, 3.05) is 0 Å². The van der Waals surface area contributed by atoms with Crippen LogP contribution in [-0.4, -0.2) is 9.13 Å². The number of aromatic nitrogens is 2. The highest BCUT2D eigenvalue weighted by Crippen LogP contribution is 1.99. The summed E-state index contributed by atoms with van der Waals surface area (Å²) in [6.45, 7) is 5.18. The van der Waals surface area contributed by atoms with E-state index in [0.29, 0.717) is 13.1 Å². The van der Waals surface area contributed by atoms with Crippen molar-refractivity contribution < 1.29 is 0 Å². The minimum atomic E-state index is -0.189. The van der Waals surface area contributed by atoms with E-state index in [2.05, 4.69) is 6.92 Å². The highest BCUT2D eigenvalue weighted by atomic mass is 16.2. The van der Waals surface area contributed by atoms with Crippen LogP contribution in [0.1, 0.15) is 39.5 Å². The first-order valence-corrected chi connectivity index (χ1v) is 6.01. The smallest absolute Gasteiger partial charge is 0.301 e. The molecule has 4 nitrogen and oxygen atoms in total. The molecule has 4 heteroatoms. The summed E-state index contributed by atoms with van der Waals surface area (Å²) in [5.41, 5.74) is -0.377. The Morgan fingerprint density at radius 3 is 2.50 bits per heavy atom. The molecule has 0 amide bonds. The molecule has 0 aliphatic carbocycles. The van der Waals surface area contributed by atoms with Crippen molar-refractivity contribution in [3.63, 3.8) is 0 Å². The topological polar surface area (TPSA) is 44.0 Å². The van der Waals surface area contributed by atoms with Crippen LogP contribution in [-0.2, 0) is 13.1 Å². The van der Waals surface area contributed by atoms with Crippen LogP contribution >= 0.6 is 0 Å². The van der Waals surface area contributed by atoms with Gasteiger partial charge in [-0.15, -0.1) is 0 Å². The maximum atomic E-state index is 11.8. The fourth-order valence-corrected chi connectivity index (χ4v) is 1.70. The Hall–Kier alpha value is -1.32. The van der Waals surface area contributed by atoms with Gasteiger partial charge < -0.3 is 4.57 Å². The fourth-order valence-electron chi connectivity index (χ4n) is 1.70. The number of nitrogens with zero attached hydrogens (tertiary/aromatic N) is 2. The summed E-state index contributed by atoms with van der Waals surface area (Å²) in [7, 11) is 0. The lowest BCUT2D eigenvalue weighted by Crippen LogP contribution is -2.38. The molecule has 1 aromatic heterocycles. The third kappa shape index (κ3) is 3.08. The van der Waals surface area contributed by atoms with Gasteiger partial charge in [-0.2, -0.15) is 0 Å². The Morgan fingerprint density at radius 1 is 1.12 bits per heavy atom. The number of unbranched alkanes of at least 4 members (excludes halogenated alkanes) is 3. The van der Waals surface area contributed by atoms with Gasteiger partial charge in [-0.1, -0.05) is 26.2 Å². The third-order valence-electron chi connectivity index (χ3n) is 2.72. The second kappa shape index (κ2) is 6.30. The van der Waals surface area contributed by atoms with Gasteiger partial charge in [-0.05, 0) is 13.3 Å². The summed E-state index contributed by atoms with van der Waals surface area (Å²) in [6.07, 6.45) is 5.85. The normalized spacial score (nSPS) is 10.6. The molecule has 0 bridgehead atoms. The molecule has 0 aromatic carbocycles. The molecule has 0 fully saturated rings. The van der Waals surface area contributed by atoms with E-state index in [1.807, 2.05) is 6.92 Å². The molecule has 16 heavy (non-hydrogen) atoms. The number of aryl methyl sites for hydroxylation is 1. The van der Waals surface area contributed by atoms with E-state index >= 15 is 0 Å². The lowest BCUT2D eigenvalue weighted by Gasteiger charge is -2.07. The van der Waals surface area contributed by atoms with E-state index in [1.54, 1.807) is 10.8 Å². The van der Waals surface area contributed by atoms with Crippen LogP contribution in [0, 0.1) is 0 Å². The Bertz CT molecular complexity index is 431. The maximum absolute atomic E-state index is 11.8. The molecule has 0 N–H and O–H groups in total. The van der Waals surface area contributed by atoms with Crippen molar-refractivity contribution in [2.24, 2.45) is 0 Å². The largest absolute Gasteiger partial charge is 0.330 e. The van der Waals surface area contributed by atoms with Crippen molar-refractivity contribution in [1.82, 2.24) is 9.13 Å². The zero-order chi connectivity index (χ0) is 12.0. The molecule has 0 aliphatic rings. The third-order valence-corrected chi connectivity index (χ3v) is 2.72. The van der Waals surface area contributed by atoms with Gasteiger partial charge in [0, 0.05) is 25.4 Å². The predicted octanol–water partition coefficient (Wildman–Crippen LogP) is 1.61. The van der Waals surface area contributed by atoms with Gasteiger partial charge in [0.2, 0.25) is 0 Å². The van der Waals surface area contributed by atoms with Crippen molar-refractivity contribution in [3.8, 4) is 0 Å². The predicted molar refractivity (Wildman–Crippen MR) is 64.8 cm³/mol. The molecular formula is C12H20N2O2. The average molecular weight is 224 g/mol. The van der Waals surface area contributed by atoms with Crippen LogP contribution in [0.5, 0.6) is 0 Å². The zero-order valence-electron chi connectivity index (χ0n) is 10.1. The first-order chi connectivity index (χ1) is 7.70. The van der Waals surface area contributed by atoms with Gasteiger partial charge in [0.15, 0.2) is 0 Å². The first-order valence-electron chi connectivity index (χ1n) is 6.01. The molecular weight excluding hydrogens is 204 g/mol. The van der Waals surface area contributed by atoms with Crippen molar-refractivity contribution in [2.45, 2.75) is 52.6 Å². The van der Waals surface area contributed by atoms with Gasteiger partial charge in [0.1, 0.15) is 0 Å². The van der Waals surface area contributed by atoms with Crippen LogP contribution in [0.15, 0.2) is 21.9 Å². The monoisotopic (exact) mass is 224 g/mol. The Labute approximate surface area is 95.5 Å². The molecule has 0 radical (unpaired) electrons. The van der Waals surface area contributed by atoms with E-state index in [1.165, 1.54) is 10.6 Å². The molecule has 0 saturated carbocycles. The van der Waals surface area contributed by atoms with Crippen molar-refractivity contribution in [1.29, 1.82) is 0 Å². The van der Waals surface area contributed by atoms with Crippen LogP contribution in [0.3, 0.4) is 0 Å². The van der Waals surface area contributed by atoms with Crippen LogP contribution in [0.4, 0.5) is 0 Å². The molecule has 0 aliphatic heterocycles. The first kappa shape index (κ1) is 12.7. The lowest BCUT2D eigenvalue weighted by molar-refractivity contribution is 0.521. The molecule has 0 atom stereocenters. The van der Waals surface area contributed by atoms with Crippen LogP contribution in [0.25, 0.3) is 0 Å². The SMILES string of the molecule is CCCCCCn1c(=O)ccn(CC)c1=O. The second-order valence-corrected chi connectivity index (χ2v) is 3.93. The van der Waals surface area contributed by atoms with E-state index in [9.17, 15) is 9.59 Å². The van der Waals surface area contributed by atoms with Gasteiger partial charge >= 0.3 is 5.69 Å². The molecule has 0 saturated heterocycles. The van der Waals surface area contributed by atoms with E-state index in [4.69, 9.17) is 0 Å². The Morgan fingerprint density at radius 2 is 1.88 bits per heavy atom. The molecule has 1 heterocycles. The Balaban J connectivity index is 2.78. The van der Waals surface area contributed by atoms with Gasteiger partial charge in [-0.3, -0.25) is 9.36 Å². The minimum Gasteiger partial charge on any atom is -0.301 e. The van der Waals surface area contributed by atoms with Crippen LogP contribution < -0.4 is 11.2 Å². The lowest BCUT2D eigenvalue weighted by atomic mass is 10.2. The quantitative estimate of drug-likeness (QED) is 0.689. The van der Waals surface area contributed by atoms with E-state index < -0.39 is 0 Å². The van der Waals surface area contributed by atoms with Crippen molar-refractivity contribution >= 4 is 0 Å². The van der Waals surface area contributed by atoms with Crippen LogP contribution in [0.2, 0.25) is 0 Å². The molecule has 0 unspecified atom stereocenters. The molecule has 1 aromatic rings. The summed E-state index contributed by atoms with van der Waals surface area (Å²) >= 11 is 0. The highest BCUT2D eigenvalue weighted by molar-refractivity contribution is 4.86. The Kier molecular flexibility index (Phi) is 5.02. The second-order valence-electron chi connectivity index (χ2n) is 3.93. The van der Waals surface area contributed by atoms with E-state index in [0.717, 1.165) is 25.7 Å². The molecule has 90 valence electrons. The van der Waals surface area contributed by atoms with Gasteiger partial charge in [-0.25, -0.2) is 4.79 Å². The minimum absolute atomic E-state index is 0.188. The maximum Gasteiger partial charge on any atom is 0.330 e.